The number of aliphatic hydroxyl groups excluding tert-OH is 1. The molecule has 0 radical (unpaired) electrons. The second-order valence-electron chi connectivity index (χ2n) is 2.84. The van der Waals surface area contributed by atoms with E-state index in [1.165, 1.54) is 6.08 Å². The number of nitrogens with one attached hydrogen (secondary N) is 1. The zero-order chi connectivity index (χ0) is 11.7. The molecule has 6 nitrogen and oxygen atoms in total. The highest BCUT2D eigenvalue weighted by Crippen LogP contribution is 1.97. The fourth-order valence-corrected chi connectivity index (χ4v) is 0.850. The Labute approximate surface area is 87.5 Å². The highest BCUT2D eigenvalue weighted by Gasteiger charge is 2.13. The van der Waals surface area contributed by atoms with Crippen LogP contribution in [0.3, 0.4) is 0 Å². The van der Waals surface area contributed by atoms with Crippen LogP contribution in [0.2, 0.25) is 0 Å². The zero-order valence-electron chi connectivity index (χ0n) is 8.31. The second kappa shape index (κ2) is 7.81. The van der Waals surface area contributed by atoms with Crippen molar-refractivity contribution in [1.29, 1.82) is 0 Å². The smallest absolute Gasteiger partial charge is 0.407 e. The lowest BCUT2D eigenvalue weighted by molar-refractivity contribution is -0.137. The third kappa shape index (κ3) is 7.51. The van der Waals surface area contributed by atoms with E-state index in [9.17, 15) is 9.59 Å². The SMILES string of the molecule is C=CCOC(=O)NC(CO)CCC(=O)O. The highest BCUT2D eigenvalue weighted by atomic mass is 16.5. The summed E-state index contributed by atoms with van der Waals surface area (Å²) in [6, 6.07) is -0.599. The Kier molecular flexibility index (Phi) is 7.00. The van der Waals surface area contributed by atoms with Gasteiger partial charge in [-0.1, -0.05) is 12.7 Å². The third-order valence-electron chi connectivity index (χ3n) is 1.58. The van der Waals surface area contributed by atoms with Crippen molar-refractivity contribution in [3.05, 3.63) is 12.7 Å². The van der Waals surface area contributed by atoms with E-state index in [2.05, 4.69) is 16.6 Å². The number of hydrogen-bond donors (Lipinski definition) is 3. The molecule has 0 fully saturated rings. The Morgan fingerprint density at radius 2 is 2.20 bits per heavy atom. The maximum Gasteiger partial charge on any atom is 0.407 e. The van der Waals surface area contributed by atoms with Crippen LogP contribution in [0, 0.1) is 0 Å². The van der Waals surface area contributed by atoms with Gasteiger partial charge in [0.1, 0.15) is 6.61 Å². The maximum absolute atomic E-state index is 11.0. The summed E-state index contributed by atoms with van der Waals surface area (Å²) in [6.07, 6.45) is 0.756. The highest BCUT2D eigenvalue weighted by molar-refractivity contribution is 5.68. The summed E-state index contributed by atoms with van der Waals surface area (Å²) in [5.74, 6) is -0.977. The first kappa shape index (κ1) is 13.4. The first-order chi connectivity index (χ1) is 7.10. The first-order valence-electron chi connectivity index (χ1n) is 4.47. The van der Waals surface area contributed by atoms with Gasteiger partial charge in [0.25, 0.3) is 0 Å². The molecule has 0 spiro atoms. The molecule has 0 bridgehead atoms. The largest absolute Gasteiger partial charge is 0.481 e. The Balaban J connectivity index is 3.81. The number of aliphatic carboxylic acids is 1. The number of carbonyl (C=O) groups is 2. The van der Waals surface area contributed by atoms with Crippen LogP contribution in [0.15, 0.2) is 12.7 Å². The summed E-state index contributed by atoms with van der Waals surface area (Å²) in [6.45, 7) is 3.11. The summed E-state index contributed by atoms with van der Waals surface area (Å²) in [7, 11) is 0. The van der Waals surface area contributed by atoms with Crippen molar-refractivity contribution in [2.75, 3.05) is 13.2 Å². The minimum absolute atomic E-state index is 0.0723. The van der Waals surface area contributed by atoms with Gasteiger partial charge in [-0.05, 0) is 6.42 Å². The summed E-state index contributed by atoms with van der Waals surface area (Å²) >= 11 is 0. The van der Waals surface area contributed by atoms with E-state index in [4.69, 9.17) is 10.2 Å². The van der Waals surface area contributed by atoms with Crippen LogP contribution < -0.4 is 5.32 Å². The molecular formula is C9H15NO5. The Morgan fingerprint density at radius 3 is 2.67 bits per heavy atom. The Morgan fingerprint density at radius 1 is 1.53 bits per heavy atom. The molecule has 0 aromatic carbocycles. The molecular weight excluding hydrogens is 202 g/mol. The summed E-state index contributed by atoms with van der Waals surface area (Å²) in [5, 5.41) is 19.6. The summed E-state index contributed by atoms with van der Waals surface area (Å²) in [4.78, 5) is 21.2. The van der Waals surface area contributed by atoms with E-state index < -0.39 is 18.1 Å². The van der Waals surface area contributed by atoms with Crippen LogP contribution in [-0.2, 0) is 9.53 Å². The zero-order valence-corrected chi connectivity index (χ0v) is 8.31. The number of carbonyl (C=O) groups excluding carboxylic acids is 1. The molecule has 0 aliphatic rings. The van der Waals surface area contributed by atoms with Crippen molar-refractivity contribution in [3.8, 4) is 0 Å². The van der Waals surface area contributed by atoms with Gasteiger partial charge in [-0.3, -0.25) is 4.79 Å². The first-order valence-corrected chi connectivity index (χ1v) is 4.47. The van der Waals surface area contributed by atoms with Crippen LogP contribution >= 0.6 is 0 Å². The van der Waals surface area contributed by atoms with Gasteiger partial charge >= 0.3 is 12.1 Å². The van der Waals surface area contributed by atoms with Crippen LogP contribution in [0.4, 0.5) is 4.79 Å². The molecule has 0 saturated heterocycles. The molecule has 0 heterocycles. The van der Waals surface area contributed by atoms with Crippen molar-refractivity contribution in [2.24, 2.45) is 0 Å². The van der Waals surface area contributed by atoms with Crippen LogP contribution in [-0.4, -0.2) is 41.5 Å². The van der Waals surface area contributed by atoms with Crippen molar-refractivity contribution in [2.45, 2.75) is 18.9 Å². The summed E-state index contributed by atoms with van der Waals surface area (Å²) < 4.78 is 4.60. The van der Waals surface area contributed by atoms with Gasteiger partial charge < -0.3 is 20.3 Å². The third-order valence-corrected chi connectivity index (χ3v) is 1.58. The molecule has 1 unspecified atom stereocenters. The van der Waals surface area contributed by atoms with E-state index in [0.717, 1.165) is 0 Å². The van der Waals surface area contributed by atoms with E-state index in [0.29, 0.717) is 0 Å². The van der Waals surface area contributed by atoms with Gasteiger partial charge in [-0.2, -0.15) is 0 Å². The topological polar surface area (TPSA) is 95.9 Å². The quantitative estimate of drug-likeness (QED) is 0.526. The molecule has 0 aliphatic carbocycles. The normalized spacial score (nSPS) is 11.5. The number of aliphatic hydroxyl groups is 1. The average Bonchev–Trinajstić information content (AvgIpc) is 2.20. The number of hydrogen-bond acceptors (Lipinski definition) is 4. The summed E-state index contributed by atoms with van der Waals surface area (Å²) in [5.41, 5.74) is 0. The number of carboxylic acids is 1. The molecule has 1 amide bonds. The number of alkyl carbamates (subject to hydrolysis) is 1. The molecule has 6 heteroatoms. The van der Waals surface area contributed by atoms with Crippen LogP contribution in [0.5, 0.6) is 0 Å². The van der Waals surface area contributed by atoms with Crippen molar-refractivity contribution in [3.63, 3.8) is 0 Å². The van der Waals surface area contributed by atoms with Crippen molar-refractivity contribution in [1.82, 2.24) is 5.32 Å². The van der Waals surface area contributed by atoms with Crippen LogP contribution in [0.1, 0.15) is 12.8 Å². The van der Waals surface area contributed by atoms with Gasteiger partial charge in [0.2, 0.25) is 0 Å². The molecule has 0 aliphatic heterocycles. The lowest BCUT2D eigenvalue weighted by Crippen LogP contribution is -2.38. The van der Waals surface area contributed by atoms with E-state index in [-0.39, 0.29) is 26.1 Å². The lowest BCUT2D eigenvalue weighted by Gasteiger charge is -2.14. The molecule has 3 N–H and O–H groups in total. The maximum atomic E-state index is 11.0. The minimum Gasteiger partial charge on any atom is -0.481 e. The standard InChI is InChI=1S/C9H15NO5/c1-2-5-15-9(14)10-7(6-11)3-4-8(12)13/h2,7,11H,1,3-6H2,(H,10,14)(H,12,13). The second-order valence-corrected chi connectivity index (χ2v) is 2.84. The van der Waals surface area contributed by atoms with E-state index >= 15 is 0 Å². The average molecular weight is 217 g/mol. The number of ether oxygens (including phenoxy) is 1. The Hall–Kier alpha value is -1.56. The molecule has 1 atom stereocenters. The van der Waals surface area contributed by atoms with E-state index in [1.807, 2.05) is 0 Å². The predicted molar refractivity (Wildman–Crippen MR) is 52.4 cm³/mol. The molecule has 0 saturated carbocycles. The van der Waals surface area contributed by atoms with Gasteiger partial charge in [-0.25, -0.2) is 4.79 Å². The number of amides is 1. The molecule has 15 heavy (non-hydrogen) atoms. The lowest BCUT2D eigenvalue weighted by atomic mass is 10.2. The minimum atomic E-state index is -0.977. The molecule has 86 valence electrons. The Bertz CT molecular complexity index is 229. The van der Waals surface area contributed by atoms with Crippen molar-refractivity contribution < 1.29 is 24.5 Å². The van der Waals surface area contributed by atoms with Gasteiger partial charge in [0.05, 0.1) is 12.6 Å². The van der Waals surface area contributed by atoms with Gasteiger partial charge in [0, 0.05) is 6.42 Å². The number of carboxylic acid groups (broad SMARTS) is 1. The van der Waals surface area contributed by atoms with Crippen LogP contribution in [0.25, 0.3) is 0 Å². The van der Waals surface area contributed by atoms with Gasteiger partial charge in [0.15, 0.2) is 0 Å². The molecule has 0 rings (SSSR count). The molecule has 0 aromatic rings. The predicted octanol–water partition coefficient (Wildman–Crippen LogP) is 0.124. The molecule has 0 aromatic heterocycles. The fourth-order valence-electron chi connectivity index (χ4n) is 0.850. The fraction of sp³-hybridized carbons (Fsp3) is 0.556. The monoisotopic (exact) mass is 217 g/mol. The van der Waals surface area contributed by atoms with E-state index in [1.54, 1.807) is 0 Å². The van der Waals surface area contributed by atoms with Crippen molar-refractivity contribution >= 4 is 12.1 Å². The number of rotatable bonds is 7. The van der Waals surface area contributed by atoms with Gasteiger partial charge in [-0.15, -0.1) is 0 Å².